The van der Waals surface area contributed by atoms with Crippen molar-refractivity contribution in [2.45, 2.75) is 60.3 Å². The van der Waals surface area contributed by atoms with Gasteiger partial charge in [-0.15, -0.1) is 0 Å². The number of halogens is 1. The lowest BCUT2D eigenvalue weighted by molar-refractivity contribution is -0.144. The molecule has 0 saturated carbocycles. The van der Waals surface area contributed by atoms with Gasteiger partial charge >= 0.3 is 0 Å². The van der Waals surface area contributed by atoms with Gasteiger partial charge in [0.25, 0.3) is 11.5 Å². The molecule has 2 amide bonds. The third-order valence-electron chi connectivity index (χ3n) is 6.66. The monoisotopic (exact) mass is 532 g/mol. The molecule has 1 fully saturated rings. The molecule has 5 rings (SSSR count). The first-order valence-corrected chi connectivity index (χ1v) is 13.0. The minimum absolute atomic E-state index is 0.0461. The van der Waals surface area contributed by atoms with Crippen LogP contribution in [0.1, 0.15) is 53.6 Å². The van der Waals surface area contributed by atoms with E-state index in [0.29, 0.717) is 22.1 Å². The second kappa shape index (κ2) is 10.9. The van der Waals surface area contributed by atoms with Crippen molar-refractivity contribution < 1.29 is 14.0 Å². The van der Waals surface area contributed by atoms with Gasteiger partial charge in [0.1, 0.15) is 34.5 Å². The second-order valence-corrected chi connectivity index (χ2v) is 9.90. The molecule has 1 aromatic carbocycles. The van der Waals surface area contributed by atoms with E-state index in [2.05, 4.69) is 20.3 Å². The van der Waals surface area contributed by atoms with Crippen molar-refractivity contribution in [3.8, 4) is 0 Å². The molecule has 39 heavy (non-hydrogen) atoms. The molecular formula is C29H33FN6O3. The minimum atomic E-state index is -1.44. The number of aryl methyl sites for hydroxylation is 3. The second-order valence-electron chi connectivity index (χ2n) is 9.90. The van der Waals surface area contributed by atoms with Crippen molar-refractivity contribution in [1.29, 1.82) is 0 Å². The summed E-state index contributed by atoms with van der Waals surface area (Å²) in [5, 5.41) is 3.22. The number of alkyl halides is 1. The minimum Gasteiger partial charge on any atom is -0.348 e. The van der Waals surface area contributed by atoms with Crippen LogP contribution in [0, 0.1) is 20.8 Å². The van der Waals surface area contributed by atoms with Gasteiger partial charge in [-0.3, -0.25) is 19.0 Å². The zero-order valence-electron chi connectivity index (χ0n) is 23.1. The van der Waals surface area contributed by atoms with Crippen LogP contribution in [0.3, 0.4) is 0 Å². The number of pyridine rings is 2. The number of likely N-dealkylation sites (tertiary alicyclic amines) is 1. The van der Waals surface area contributed by atoms with Crippen molar-refractivity contribution in [3.05, 3.63) is 75.0 Å². The number of rotatable bonds is 5. The van der Waals surface area contributed by atoms with E-state index in [4.69, 9.17) is 0 Å². The quantitative estimate of drug-likeness (QED) is 0.392. The Balaban J connectivity index is 0.00000172. The molecule has 9 nitrogen and oxygen atoms in total. The first-order valence-electron chi connectivity index (χ1n) is 13.0. The molecule has 4 heterocycles. The Hall–Kier alpha value is -4.21. The first-order chi connectivity index (χ1) is 18.5. The van der Waals surface area contributed by atoms with Gasteiger partial charge < -0.3 is 10.2 Å². The highest BCUT2D eigenvalue weighted by Crippen LogP contribution is 2.26. The van der Waals surface area contributed by atoms with Crippen molar-refractivity contribution >= 4 is 33.9 Å². The summed E-state index contributed by atoms with van der Waals surface area (Å²) in [5.74, 6) is -1.01. The topological polar surface area (TPSA) is 110 Å². The Labute approximate surface area is 226 Å². The smallest absolute Gasteiger partial charge is 0.265 e. The molecule has 1 saturated heterocycles. The molecule has 0 atom stereocenters. The summed E-state index contributed by atoms with van der Waals surface area (Å²) >= 11 is 0. The average Bonchev–Trinajstić information content (AvgIpc) is 2.89. The maximum atomic E-state index is 14.0. The van der Waals surface area contributed by atoms with Crippen molar-refractivity contribution in [3.63, 3.8) is 0 Å². The van der Waals surface area contributed by atoms with Crippen molar-refractivity contribution in [2.24, 2.45) is 0 Å². The number of fused-ring (bicyclic) bond motifs is 3. The maximum absolute atomic E-state index is 14.0. The molecule has 0 unspecified atom stereocenters. The lowest BCUT2D eigenvalue weighted by Crippen LogP contribution is -2.60. The lowest BCUT2D eigenvalue weighted by atomic mass is 9.99. The Kier molecular flexibility index (Phi) is 7.76. The fourth-order valence-corrected chi connectivity index (χ4v) is 4.46. The van der Waals surface area contributed by atoms with E-state index >= 15 is 0 Å². The van der Waals surface area contributed by atoms with Crippen molar-refractivity contribution in [1.82, 2.24) is 29.7 Å². The van der Waals surface area contributed by atoms with Gasteiger partial charge in [0.15, 0.2) is 0 Å². The highest BCUT2D eigenvalue weighted by Gasteiger charge is 2.41. The molecule has 1 N–H and O–H groups in total. The lowest BCUT2D eigenvalue weighted by Gasteiger charge is -2.42. The largest absolute Gasteiger partial charge is 0.348 e. The fraction of sp³-hybridized carbons (Fsp3) is 0.379. The number of hydrogen-bond acceptors (Lipinski definition) is 6. The van der Waals surface area contributed by atoms with Crippen LogP contribution < -0.4 is 10.9 Å². The van der Waals surface area contributed by atoms with E-state index in [-0.39, 0.29) is 37.4 Å². The molecular weight excluding hydrogens is 499 g/mol. The van der Waals surface area contributed by atoms with Crippen LogP contribution in [0.15, 0.2) is 41.3 Å². The number of amides is 2. The average molecular weight is 533 g/mol. The predicted molar refractivity (Wildman–Crippen MR) is 148 cm³/mol. The number of carbonyl (C=O) groups excluding carboxylic acids is 2. The van der Waals surface area contributed by atoms with Crippen LogP contribution in [0.5, 0.6) is 0 Å². The Morgan fingerprint density at radius 2 is 1.69 bits per heavy atom. The molecule has 1 aliphatic heterocycles. The maximum Gasteiger partial charge on any atom is 0.265 e. The molecule has 4 aromatic rings. The summed E-state index contributed by atoms with van der Waals surface area (Å²) in [7, 11) is 0. The summed E-state index contributed by atoms with van der Waals surface area (Å²) in [5.41, 5.74) is 2.36. The summed E-state index contributed by atoms with van der Waals surface area (Å²) < 4.78 is 15.2. The zero-order chi connectivity index (χ0) is 28.5. The first kappa shape index (κ1) is 27.8. The normalized spacial score (nSPS) is 14.0. The Morgan fingerprint density at radius 1 is 1.05 bits per heavy atom. The number of hydrogen-bond donors (Lipinski definition) is 1. The van der Waals surface area contributed by atoms with Crippen molar-refractivity contribution in [2.75, 3.05) is 13.1 Å². The third kappa shape index (κ3) is 5.64. The highest BCUT2D eigenvalue weighted by molar-refractivity contribution is 6.04. The number of carbonyl (C=O) groups is 2. The summed E-state index contributed by atoms with van der Waals surface area (Å²) in [6.45, 7) is 10.8. The summed E-state index contributed by atoms with van der Waals surface area (Å²) in [6.07, 6.45) is 1.50. The number of nitrogens with zero attached hydrogens (tertiary/aromatic N) is 5. The van der Waals surface area contributed by atoms with E-state index in [0.717, 1.165) is 16.8 Å². The fourth-order valence-electron chi connectivity index (χ4n) is 4.46. The molecule has 204 valence electrons. The highest BCUT2D eigenvalue weighted by atomic mass is 19.1. The Morgan fingerprint density at radius 3 is 2.33 bits per heavy atom. The van der Waals surface area contributed by atoms with Gasteiger partial charge in [-0.1, -0.05) is 43.7 Å². The van der Waals surface area contributed by atoms with E-state index in [1.54, 1.807) is 0 Å². The molecule has 0 radical (unpaired) electrons. The molecule has 10 heteroatoms. The van der Waals surface area contributed by atoms with Crippen LogP contribution in [0.4, 0.5) is 4.39 Å². The van der Waals surface area contributed by atoms with Gasteiger partial charge in [0.2, 0.25) is 5.91 Å². The van der Waals surface area contributed by atoms with Gasteiger partial charge in [-0.05, 0) is 39.3 Å². The van der Waals surface area contributed by atoms with Crippen LogP contribution in [-0.4, -0.2) is 55.0 Å². The van der Waals surface area contributed by atoms with E-state index in [9.17, 15) is 18.8 Å². The van der Waals surface area contributed by atoms with Crippen LogP contribution in [0.2, 0.25) is 0 Å². The molecule has 0 aliphatic carbocycles. The zero-order valence-corrected chi connectivity index (χ0v) is 23.1. The number of nitrogens with one attached hydrogen (secondary N) is 1. The summed E-state index contributed by atoms with van der Waals surface area (Å²) in [6, 6.07) is 9.14. The molecule has 0 bridgehead atoms. The van der Waals surface area contributed by atoms with E-state index in [1.165, 1.54) is 28.7 Å². The Bertz CT molecular complexity index is 1620. The number of benzene rings is 1. The van der Waals surface area contributed by atoms with Gasteiger partial charge in [0.05, 0.1) is 30.7 Å². The number of aromatic nitrogens is 4. The van der Waals surface area contributed by atoms with E-state index < -0.39 is 23.0 Å². The molecule has 0 spiro atoms. The standard InChI is InChI=1S/C27H27FN6O3.C2H6/c1-15-5-7-18(8-6-15)10-30-25(36)20-9-19-23-21(31-16(2)17(3)32-23)11-29-24(19)34(26(20)37)12-22(35)33-13-27(4,28)14-33;1-2/h5-9,11H,10,12-14H2,1-4H3,(H,30,36);1-2H3. The SMILES string of the molecule is CC.Cc1ccc(CNC(=O)c2cc3c4nc(C)c(C)nc4cnc3n(CC(=O)N3CC(C)(F)C3)c2=O)cc1. The van der Waals surface area contributed by atoms with Gasteiger partial charge in [-0.25, -0.2) is 19.3 Å². The van der Waals surface area contributed by atoms with Gasteiger partial charge in [0, 0.05) is 11.9 Å². The predicted octanol–water partition coefficient (Wildman–Crippen LogP) is 3.79. The van der Waals surface area contributed by atoms with E-state index in [1.807, 2.05) is 58.9 Å². The summed E-state index contributed by atoms with van der Waals surface area (Å²) in [4.78, 5) is 54.6. The molecule has 3 aromatic heterocycles. The van der Waals surface area contributed by atoms with Crippen LogP contribution in [0.25, 0.3) is 22.1 Å². The van der Waals surface area contributed by atoms with Crippen LogP contribution in [-0.2, 0) is 17.9 Å². The van der Waals surface area contributed by atoms with Crippen LogP contribution >= 0.6 is 0 Å². The third-order valence-corrected chi connectivity index (χ3v) is 6.66. The van der Waals surface area contributed by atoms with Gasteiger partial charge in [-0.2, -0.15) is 0 Å². The molecule has 1 aliphatic rings.